The van der Waals surface area contributed by atoms with Crippen LogP contribution in [0.1, 0.15) is 33.6 Å². The van der Waals surface area contributed by atoms with Gasteiger partial charge in [-0.05, 0) is 39.4 Å². The molecular formula is C15H34N2O3. The Morgan fingerprint density at radius 3 is 2.50 bits per heavy atom. The van der Waals surface area contributed by atoms with E-state index in [0.717, 1.165) is 26.1 Å². The Morgan fingerprint density at radius 1 is 1.20 bits per heavy atom. The van der Waals surface area contributed by atoms with Gasteiger partial charge in [0, 0.05) is 19.7 Å². The van der Waals surface area contributed by atoms with Crippen LogP contribution in [0.25, 0.3) is 0 Å². The first-order chi connectivity index (χ1) is 9.63. The molecule has 0 aromatic rings. The highest BCUT2D eigenvalue weighted by molar-refractivity contribution is 4.66. The van der Waals surface area contributed by atoms with Gasteiger partial charge >= 0.3 is 0 Å². The molecule has 5 nitrogen and oxygen atoms in total. The number of nitrogens with one attached hydrogen (secondary N) is 1. The summed E-state index contributed by atoms with van der Waals surface area (Å²) in [5.74, 6) is 0. The zero-order valence-electron chi connectivity index (χ0n) is 13.7. The molecule has 0 amide bonds. The Balaban J connectivity index is 3.49. The molecule has 2 unspecified atom stereocenters. The predicted molar refractivity (Wildman–Crippen MR) is 83.2 cm³/mol. The van der Waals surface area contributed by atoms with Gasteiger partial charge in [-0.2, -0.15) is 0 Å². The summed E-state index contributed by atoms with van der Waals surface area (Å²) in [5, 5.41) is 13.1. The van der Waals surface area contributed by atoms with Crippen LogP contribution in [-0.2, 0) is 9.47 Å². The number of methoxy groups -OCH3 is 1. The summed E-state index contributed by atoms with van der Waals surface area (Å²) in [5.41, 5.74) is 0. The zero-order chi connectivity index (χ0) is 15.2. The highest BCUT2D eigenvalue weighted by Gasteiger charge is 2.08. The van der Waals surface area contributed by atoms with Crippen LogP contribution in [0.5, 0.6) is 0 Å². The average Bonchev–Trinajstić information content (AvgIpc) is 2.46. The molecule has 0 spiro atoms. The van der Waals surface area contributed by atoms with E-state index in [-0.39, 0.29) is 0 Å². The minimum absolute atomic E-state index is 0.364. The van der Waals surface area contributed by atoms with Crippen LogP contribution in [-0.4, -0.2) is 75.3 Å². The number of hydrogen-bond donors (Lipinski definition) is 2. The number of aliphatic hydroxyl groups is 1. The first-order valence-corrected chi connectivity index (χ1v) is 7.84. The molecule has 2 N–H and O–H groups in total. The van der Waals surface area contributed by atoms with E-state index in [1.165, 1.54) is 6.42 Å². The van der Waals surface area contributed by atoms with Crippen LogP contribution in [0.2, 0.25) is 0 Å². The zero-order valence-corrected chi connectivity index (χ0v) is 13.7. The maximum atomic E-state index is 9.75. The molecule has 0 rings (SSSR count). The second kappa shape index (κ2) is 13.8. The third kappa shape index (κ3) is 11.6. The summed E-state index contributed by atoms with van der Waals surface area (Å²) in [6.07, 6.45) is 1.88. The van der Waals surface area contributed by atoms with Crippen LogP contribution >= 0.6 is 0 Å². The van der Waals surface area contributed by atoms with Gasteiger partial charge in [-0.15, -0.1) is 0 Å². The molecule has 0 aliphatic carbocycles. The molecule has 0 saturated heterocycles. The third-order valence-corrected chi connectivity index (χ3v) is 3.45. The summed E-state index contributed by atoms with van der Waals surface area (Å²) in [4.78, 5) is 2.44. The SMILES string of the molecule is CCN(CC)CCCC(C)NCC(O)COCCOC. The highest BCUT2D eigenvalue weighted by atomic mass is 16.5. The fourth-order valence-electron chi connectivity index (χ4n) is 2.02. The number of aliphatic hydroxyl groups excluding tert-OH is 1. The van der Waals surface area contributed by atoms with E-state index in [9.17, 15) is 5.11 Å². The van der Waals surface area contributed by atoms with Gasteiger partial charge in [-0.3, -0.25) is 0 Å². The first kappa shape index (κ1) is 19.8. The molecule has 0 fully saturated rings. The van der Waals surface area contributed by atoms with Gasteiger partial charge < -0.3 is 24.8 Å². The van der Waals surface area contributed by atoms with E-state index < -0.39 is 6.10 Å². The lowest BCUT2D eigenvalue weighted by Crippen LogP contribution is -2.36. The van der Waals surface area contributed by atoms with Crippen molar-refractivity contribution in [3.05, 3.63) is 0 Å². The van der Waals surface area contributed by atoms with E-state index in [1.807, 2.05) is 0 Å². The third-order valence-electron chi connectivity index (χ3n) is 3.45. The van der Waals surface area contributed by atoms with E-state index in [1.54, 1.807) is 7.11 Å². The summed E-state index contributed by atoms with van der Waals surface area (Å²) in [7, 11) is 1.64. The Bertz CT molecular complexity index is 202. The molecule has 0 aromatic heterocycles. The highest BCUT2D eigenvalue weighted by Crippen LogP contribution is 2.00. The standard InChI is InChI=1S/C15H34N2O3/c1-5-17(6-2)9-7-8-14(3)16-12-15(18)13-20-11-10-19-4/h14-16,18H,5-13H2,1-4H3. The number of ether oxygens (including phenoxy) is 2. The summed E-state index contributed by atoms with van der Waals surface area (Å²) < 4.78 is 10.2. The van der Waals surface area contributed by atoms with E-state index in [0.29, 0.717) is 32.4 Å². The molecule has 2 atom stereocenters. The van der Waals surface area contributed by atoms with Crippen LogP contribution in [0, 0.1) is 0 Å². The Kier molecular flexibility index (Phi) is 13.6. The Labute approximate surface area is 124 Å². The number of rotatable bonds is 14. The lowest BCUT2D eigenvalue weighted by atomic mass is 10.1. The molecule has 0 aliphatic rings. The second-order valence-corrected chi connectivity index (χ2v) is 5.20. The van der Waals surface area contributed by atoms with Gasteiger partial charge in [-0.1, -0.05) is 13.8 Å². The van der Waals surface area contributed by atoms with Gasteiger partial charge in [-0.25, -0.2) is 0 Å². The smallest absolute Gasteiger partial charge is 0.0897 e. The van der Waals surface area contributed by atoms with Crippen molar-refractivity contribution in [2.24, 2.45) is 0 Å². The number of hydrogen-bond acceptors (Lipinski definition) is 5. The maximum absolute atomic E-state index is 9.75. The summed E-state index contributed by atoms with van der Waals surface area (Å²) in [6, 6.07) is 0.430. The van der Waals surface area contributed by atoms with Gasteiger partial charge in [0.1, 0.15) is 0 Å². The van der Waals surface area contributed by atoms with Crippen molar-refractivity contribution < 1.29 is 14.6 Å². The fourth-order valence-corrected chi connectivity index (χ4v) is 2.02. The molecule has 0 aromatic carbocycles. The number of nitrogens with zero attached hydrogens (tertiary/aromatic N) is 1. The molecule has 0 saturated carbocycles. The lowest BCUT2D eigenvalue weighted by molar-refractivity contribution is 0.0129. The minimum atomic E-state index is -0.447. The van der Waals surface area contributed by atoms with E-state index in [4.69, 9.17) is 9.47 Å². The normalized spacial score (nSPS) is 14.7. The van der Waals surface area contributed by atoms with Gasteiger partial charge in [0.15, 0.2) is 0 Å². The average molecular weight is 290 g/mol. The molecular weight excluding hydrogens is 256 g/mol. The van der Waals surface area contributed by atoms with Crippen LogP contribution in [0.3, 0.4) is 0 Å². The van der Waals surface area contributed by atoms with Crippen LogP contribution < -0.4 is 5.32 Å². The Morgan fingerprint density at radius 2 is 1.90 bits per heavy atom. The Hall–Kier alpha value is -0.200. The molecule has 5 heteroatoms. The van der Waals surface area contributed by atoms with E-state index >= 15 is 0 Å². The van der Waals surface area contributed by atoms with Crippen molar-refractivity contribution in [2.45, 2.75) is 45.8 Å². The largest absolute Gasteiger partial charge is 0.389 e. The van der Waals surface area contributed by atoms with Crippen LogP contribution in [0.15, 0.2) is 0 Å². The second-order valence-electron chi connectivity index (χ2n) is 5.20. The van der Waals surface area contributed by atoms with E-state index in [2.05, 4.69) is 31.0 Å². The molecule has 0 heterocycles. The van der Waals surface area contributed by atoms with Gasteiger partial charge in [0.25, 0.3) is 0 Å². The summed E-state index contributed by atoms with van der Waals surface area (Å²) >= 11 is 0. The topological polar surface area (TPSA) is 54.0 Å². The molecule has 0 radical (unpaired) electrons. The summed E-state index contributed by atoms with van der Waals surface area (Å²) in [6.45, 7) is 12.0. The van der Waals surface area contributed by atoms with Crippen molar-refractivity contribution in [3.63, 3.8) is 0 Å². The maximum Gasteiger partial charge on any atom is 0.0897 e. The quantitative estimate of drug-likeness (QED) is 0.469. The van der Waals surface area contributed by atoms with Crippen molar-refractivity contribution in [2.75, 3.05) is 53.1 Å². The van der Waals surface area contributed by atoms with Crippen LogP contribution in [0.4, 0.5) is 0 Å². The van der Waals surface area contributed by atoms with Crippen molar-refractivity contribution >= 4 is 0 Å². The predicted octanol–water partition coefficient (Wildman–Crippen LogP) is 1.11. The molecule has 122 valence electrons. The first-order valence-electron chi connectivity index (χ1n) is 7.84. The molecule has 20 heavy (non-hydrogen) atoms. The van der Waals surface area contributed by atoms with Gasteiger partial charge in [0.05, 0.1) is 25.9 Å². The van der Waals surface area contributed by atoms with Crippen molar-refractivity contribution in [1.82, 2.24) is 10.2 Å². The van der Waals surface area contributed by atoms with Crippen molar-refractivity contribution in [1.29, 1.82) is 0 Å². The molecule has 0 aliphatic heterocycles. The monoisotopic (exact) mass is 290 g/mol. The fraction of sp³-hybridized carbons (Fsp3) is 1.00. The minimum Gasteiger partial charge on any atom is -0.389 e. The van der Waals surface area contributed by atoms with Gasteiger partial charge in [0.2, 0.25) is 0 Å². The molecule has 0 bridgehead atoms. The van der Waals surface area contributed by atoms with Crippen molar-refractivity contribution in [3.8, 4) is 0 Å². The lowest BCUT2D eigenvalue weighted by Gasteiger charge is -2.20.